The van der Waals surface area contributed by atoms with Crippen LogP contribution in [0.25, 0.3) is 22.5 Å². The third-order valence-corrected chi connectivity index (χ3v) is 4.61. The molecule has 4 aromatic rings. The number of rotatable bonds is 4. The molecule has 3 nitrogen and oxygen atoms in total. The highest BCUT2D eigenvalue weighted by molar-refractivity contribution is 5.90. The number of aryl methyl sites for hydroxylation is 1. The summed E-state index contributed by atoms with van der Waals surface area (Å²) in [7, 11) is 0. The second-order valence-corrected chi connectivity index (χ2v) is 6.44. The maximum Gasteiger partial charge on any atom is 0.238 e. The van der Waals surface area contributed by atoms with Gasteiger partial charge in [-0.3, -0.25) is 0 Å². The predicted molar refractivity (Wildman–Crippen MR) is 113 cm³/mol. The Balaban J connectivity index is 1.90. The summed E-state index contributed by atoms with van der Waals surface area (Å²) in [4.78, 5) is 4.53. The summed E-state index contributed by atoms with van der Waals surface area (Å²) >= 11 is 0. The minimum Gasteiger partial charge on any atom is -0.436 e. The first-order valence-electron chi connectivity index (χ1n) is 9.05. The van der Waals surface area contributed by atoms with E-state index in [4.69, 9.17) is 4.42 Å². The first-order valence-corrected chi connectivity index (χ1v) is 9.05. The third-order valence-electron chi connectivity index (χ3n) is 4.61. The van der Waals surface area contributed by atoms with Gasteiger partial charge >= 0.3 is 0 Å². The van der Waals surface area contributed by atoms with Gasteiger partial charge in [0.2, 0.25) is 5.88 Å². The van der Waals surface area contributed by atoms with E-state index in [1.165, 1.54) is 0 Å². The Bertz CT molecular complexity index is 1170. The van der Waals surface area contributed by atoms with E-state index < -0.39 is 0 Å². The summed E-state index contributed by atoms with van der Waals surface area (Å²) in [5, 5.41) is 9.89. The maximum atomic E-state index is 9.89. The number of aliphatic imine (C=N–C) groups is 1. The summed E-state index contributed by atoms with van der Waals surface area (Å²) in [5.74, 6) is 0.976. The summed E-state index contributed by atoms with van der Waals surface area (Å²) in [6.07, 6.45) is 1.75. The van der Waals surface area contributed by atoms with E-state index in [1.54, 1.807) is 6.21 Å². The van der Waals surface area contributed by atoms with Crippen LogP contribution >= 0.6 is 0 Å². The summed E-state index contributed by atoms with van der Waals surface area (Å²) < 4.78 is 6.12. The van der Waals surface area contributed by atoms with Crippen molar-refractivity contribution in [2.45, 2.75) is 6.92 Å². The van der Waals surface area contributed by atoms with Crippen LogP contribution < -0.4 is 0 Å². The lowest BCUT2D eigenvalue weighted by Crippen LogP contribution is -1.85. The molecule has 0 radical (unpaired) electrons. The summed E-state index contributed by atoms with van der Waals surface area (Å²) in [6, 6.07) is 29.9. The summed E-state index contributed by atoms with van der Waals surface area (Å²) in [6.45, 7) is 2.03. The SMILES string of the molecule is Cc1ccccc1C=Nc1oc(-c2ccccc2)c(-c2ccccc2)c1C#N. The number of nitriles is 1. The molecule has 1 heterocycles. The highest BCUT2D eigenvalue weighted by Gasteiger charge is 2.22. The molecule has 0 saturated carbocycles. The van der Waals surface area contributed by atoms with Crippen molar-refractivity contribution in [2.75, 3.05) is 0 Å². The Labute approximate surface area is 164 Å². The van der Waals surface area contributed by atoms with Gasteiger partial charge in [0.1, 0.15) is 17.4 Å². The number of hydrogen-bond acceptors (Lipinski definition) is 3. The Hall–Kier alpha value is -3.90. The lowest BCUT2D eigenvalue weighted by Gasteiger charge is -2.03. The molecule has 3 aromatic carbocycles. The molecule has 134 valence electrons. The molecule has 0 saturated heterocycles. The van der Waals surface area contributed by atoms with E-state index in [1.807, 2.05) is 91.9 Å². The van der Waals surface area contributed by atoms with Crippen LogP contribution in [0.3, 0.4) is 0 Å². The largest absolute Gasteiger partial charge is 0.436 e. The van der Waals surface area contributed by atoms with E-state index in [-0.39, 0.29) is 0 Å². The smallest absolute Gasteiger partial charge is 0.238 e. The Kier molecular flexibility index (Phi) is 4.86. The average molecular weight is 362 g/mol. The maximum absolute atomic E-state index is 9.89. The Morgan fingerprint density at radius 2 is 1.43 bits per heavy atom. The fourth-order valence-corrected chi connectivity index (χ4v) is 3.15. The first kappa shape index (κ1) is 17.5. The van der Waals surface area contributed by atoms with Gasteiger partial charge in [-0.1, -0.05) is 84.9 Å². The predicted octanol–water partition coefficient (Wildman–Crippen LogP) is 6.54. The monoisotopic (exact) mass is 362 g/mol. The Morgan fingerprint density at radius 1 is 0.821 bits per heavy atom. The van der Waals surface area contributed by atoms with Crippen LogP contribution in [0.4, 0.5) is 5.88 Å². The normalized spacial score (nSPS) is 10.9. The van der Waals surface area contributed by atoms with E-state index in [0.29, 0.717) is 17.2 Å². The number of hydrogen-bond donors (Lipinski definition) is 0. The first-order chi connectivity index (χ1) is 13.8. The Morgan fingerprint density at radius 3 is 2.07 bits per heavy atom. The van der Waals surface area contributed by atoms with Gasteiger partial charge in [-0.25, -0.2) is 4.99 Å². The second kappa shape index (κ2) is 7.77. The van der Waals surface area contributed by atoms with Crippen molar-refractivity contribution in [3.63, 3.8) is 0 Å². The molecule has 0 unspecified atom stereocenters. The van der Waals surface area contributed by atoms with Crippen LogP contribution in [0.15, 0.2) is 94.3 Å². The molecule has 0 aliphatic rings. The lowest BCUT2D eigenvalue weighted by atomic mass is 9.98. The van der Waals surface area contributed by atoms with E-state index in [0.717, 1.165) is 27.8 Å². The van der Waals surface area contributed by atoms with Crippen molar-refractivity contribution < 1.29 is 4.42 Å². The fraction of sp³-hybridized carbons (Fsp3) is 0.0400. The van der Waals surface area contributed by atoms with Gasteiger partial charge in [-0.05, 0) is 23.6 Å². The lowest BCUT2D eigenvalue weighted by molar-refractivity contribution is 0.593. The fourth-order valence-electron chi connectivity index (χ4n) is 3.15. The molecule has 0 spiro atoms. The zero-order valence-corrected chi connectivity index (χ0v) is 15.5. The van der Waals surface area contributed by atoms with Gasteiger partial charge in [0.05, 0.1) is 0 Å². The van der Waals surface area contributed by atoms with E-state index >= 15 is 0 Å². The third kappa shape index (κ3) is 3.36. The molecule has 28 heavy (non-hydrogen) atoms. The average Bonchev–Trinajstić information content (AvgIpc) is 3.13. The molecule has 1 aromatic heterocycles. The van der Waals surface area contributed by atoms with Gasteiger partial charge in [-0.15, -0.1) is 0 Å². The van der Waals surface area contributed by atoms with E-state index in [9.17, 15) is 5.26 Å². The highest BCUT2D eigenvalue weighted by atomic mass is 16.4. The van der Waals surface area contributed by atoms with Crippen molar-refractivity contribution in [3.8, 4) is 28.5 Å². The number of nitrogens with zero attached hydrogens (tertiary/aromatic N) is 2. The van der Waals surface area contributed by atoms with Crippen LogP contribution in [-0.2, 0) is 0 Å². The van der Waals surface area contributed by atoms with Crippen molar-refractivity contribution >= 4 is 12.1 Å². The molecular formula is C25H18N2O. The molecular weight excluding hydrogens is 344 g/mol. The van der Waals surface area contributed by atoms with Gasteiger partial charge in [-0.2, -0.15) is 5.26 Å². The minimum absolute atomic E-state index is 0.323. The van der Waals surface area contributed by atoms with Gasteiger partial charge in [0.15, 0.2) is 0 Å². The van der Waals surface area contributed by atoms with Gasteiger partial charge in [0.25, 0.3) is 0 Å². The quantitative estimate of drug-likeness (QED) is 0.387. The van der Waals surface area contributed by atoms with Crippen LogP contribution in [0.5, 0.6) is 0 Å². The number of furan rings is 1. The highest BCUT2D eigenvalue weighted by Crippen LogP contribution is 2.42. The number of benzene rings is 3. The van der Waals surface area contributed by atoms with Crippen molar-refractivity contribution in [3.05, 3.63) is 102 Å². The second-order valence-electron chi connectivity index (χ2n) is 6.44. The van der Waals surface area contributed by atoms with Crippen LogP contribution in [-0.4, -0.2) is 6.21 Å². The summed E-state index contributed by atoms with van der Waals surface area (Å²) in [5.41, 5.74) is 5.16. The van der Waals surface area contributed by atoms with Crippen molar-refractivity contribution in [1.29, 1.82) is 5.26 Å². The molecule has 4 rings (SSSR count). The zero-order chi connectivity index (χ0) is 19.3. The van der Waals surface area contributed by atoms with E-state index in [2.05, 4.69) is 11.1 Å². The van der Waals surface area contributed by atoms with Gasteiger partial charge < -0.3 is 4.42 Å². The van der Waals surface area contributed by atoms with Crippen LogP contribution in [0.2, 0.25) is 0 Å². The molecule has 3 heteroatoms. The molecule has 0 N–H and O–H groups in total. The molecule has 0 aliphatic carbocycles. The molecule has 0 fully saturated rings. The standard InChI is InChI=1S/C25H18N2O/c1-18-10-8-9-15-21(18)17-27-25-22(16-26)23(19-11-4-2-5-12-19)24(28-25)20-13-6-3-7-14-20/h2-15,17H,1H3. The molecule has 0 atom stereocenters. The van der Waals surface area contributed by atoms with Crippen molar-refractivity contribution in [1.82, 2.24) is 0 Å². The van der Waals surface area contributed by atoms with Crippen LogP contribution in [0, 0.1) is 18.3 Å². The van der Waals surface area contributed by atoms with Crippen molar-refractivity contribution in [2.24, 2.45) is 4.99 Å². The zero-order valence-electron chi connectivity index (χ0n) is 15.5. The minimum atomic E-state index is 0.323. The molecule has 0 aliphatic heterocycles. The molecule has 0 bridgehead atoms. The van der Waals surface area contributed by atoms with Gasteiger partial charge in [0, 0.05) is 17.3 Å². The molecule has 0 amide bonds. The van der Waals surface area contributed by atoms with Crippen LogP contribution in [0.1, 0.15) is 16.7 Å². The topological polar surface area (TPSA) is 49.3 Å².